The Balaban J connectivity index is 2.11. The van der Waals surface area contributed by atoms with Crippen LogP contribution in [0.25, 0.3) is 0 Å². The molecule has 0 aromatic heterocycles. The van der Waals surface area contributed by atoms with Crippen molar-refractivity contribution in [3.63, 3.8) is 0 Å². The first-order valence-corrected chi connectivity index (χ1v) is 7.25. The molecule has 21 heavy (non-hydrogen) atoms. The highest BCUT2D eigenvalue weighted by Gasteiger charge is 2.12. The molecule has 0 saturated heterocycles. The summed E-state index contributed by atoms with van der Waals surface area (Å²) < 4.78 is 20.9. The lowest BCUT2D eigenvalue weighted by molar-refractivity contribution is 0.0141. The lowest BCUT2D eigenvalue weighted by atomic mass is 10.2. The summed E-state index contributed by atoms with van der Waals surface area (Å²) in [5.74, 6) is 0.1000. The summed E-state index contributed by atoms with van der Waals surface area (Å²) in [6, 6.07) is 6.96. The van der Waals surface area contributed by atoms with E-state index >= 15 is 0 Å². The number of rotatable bonds is 11. The van der Waals surface area contributed by atoms with Gasteiger partial charge >= 0.3 is 5.97 Å². The Morgan fingerprint density at radius 1 is 1.00 bits per heavy atom. The molecule has 0 radical (unpaired) electrons. The van der Waals surface area contributed by atoms with Gasteiger partial charge in [0.25, 0.3) is 0 Å². The maximum atomic E-state index is 11.8. The molecule has 5 heteroatoms. The standard InChI is InChI=1S/C16H24O5/c1-3-4-9-19-10-11-20-12-13-21-16(17)14-7-5-6-8-15(14)18-2/h5-8H,3-4,9-13H2,1-2H3. The van der Waals surface area contributed by atoms with Crippen LogP contribution in [0.1, 0.15) is 30.1 Å². The third kappa shape index (κ3) is 7.11. The molecule has 0 aliphatic carbocycles. The quantitative estimate of drug-likeness (QED) is 0.464. The second-order valence-corrected chi connectivity index (χ2v) is 4.41. The predicted molar refractivity (Wildman–Crippen MR) is 79.8 cm³/mol. The van der Waals surface area contributed by atoms with E-state index in [9.17, 15) is 4.79 Å². The van der Waals surface area contributed by atoms with Crippen molar-refractivity contribution >= 4 is 5.97 Å². The van der Waals surface area contributed by atoms with Crippen molar-refractivity contribution in [2.75, 3.05) is 40.1 Å². The largest absolute Gasteiger partial charge is 0.496 e. The highest BCUT2D eigenvalue weighted by molar-refractivity contribution is 5.92. The van der Waals surface area contributed by atoms with Crippen LogP contribution in [-0.4, -0.2) is 46.1 Å². The highest BCUT2D eigenvalue weighted by atomic mass is 16.6. The summed E-state index contributed by atoms with van der Waals surface area (Å²) in [5, 5.41) is 0. The van der Waals surface area contributed by atoms with Gasteiger partial charge in [0.05, 0.1) is 26.9 Å². The van der Waals surface area contributed by atoms with Crippen LogP contribution in [0.15, 0.2) is 24.3 Å². The molecule has 118 valence electrons. The van der Waals surface area contributed by atoms with Gasteiger partial charge in [0.1, 0.15) is 17.9 Å². The van der Waals surface area contributed by atoms with Crippen molar-refractivity contribution in [3.8, 4) is 5.75 Å². The lowest BCUT2D eigenvalue weighted by Gasteiger charge is -2.09. The zero-order valence-corrected chi connectivity index (χ0v) is 12.8. The molecule has 0 atom stereocenters. The van der Waals surface area contributed by atoms with Crippen molar-refractivity contribution in [3.05, 3.63) is 29.8 Å². The Bertz CT molecular complexity index is 405. The number of hydrogen-bond donors (Lipinski definition) is 0. The number of unbranched alkanes of at least 4 members (excludes halogenated alkanes) is 1. The van der Waals surface area contributed by atoms with Crippen LogP contribution in [0.3, 0.4) is 0 Å². The number of carbonyl (C=O) groups excluding carboxylic acids is 1. The molecule has 0 bridgehead atoms. The minimum Gasteiger partial charge on any atom is -0.496 e. The number of carbonyl (C=O) groups is 1. The second-order valence-electron chi connectivity index (χ2n) is 4.41. The van der Waals surface area contributed by atoms with E-state index in [4.69, 9.17) is 18.9 Å². The van der Waals surface area contributed by atoms with Gasteiger partial charge < -0.3 is 18.9 Å². The molecule has 1 aromatic carbocycles. The Morgan fingerprint density at radius 3 is 2.38 bits per heavy atom. The highest BCUT2D eigenvalue weighted by Crippen LogP contribution is 2.17. The molecule has 0 N–H and O–H groups in total. The van der Waals surface area contributed by atoms with E-state index in [2.05, 4.69) is 6.92 Å². The molecule has 0 fully saturated rings. The SMILES string of the molecule is CCCCOCCOCCOC(=O)c1ccccc1OC. The van der Waals surface area contributed by atoms with Crippen molar-refractivity contribution in [1.82, 2.24) is 0 Å². The first-order chi connectivity index (χ1) is 10.3. The molecular formula is C16H24O5. The third-order valence-electron chi connectivity index (χ3n) is 2.80. The fraction of sp³-hybridized carbons (Fsp3) is 0.562. The normalized spacial score (nSPS) is 10.4. The van der Waals surface area contributed by atoms with Crippen LogP contribution in [-0.2, 0) is 14.2 Å². The second kappa shape index (κ2) is 11.1. The van der Waals surface area contributed by atoms with Gasteiger partial charge in [-0.2, -0.15) is 0 Å². The van der Waals surface area contributed by atoms with Crippen molar-refractivity contribution in [2.45, 2.75) is 19.8 Å². The van der Waals surface area contributed by atoms with Crippen molar-refractivity contribution in [2.24, 2.45) is 0 Å². The molecule has 1 aromatic rings. The summed E-state index contributed by atoms with van der Waals surface area (Å²) >= 11 is 0. The maximum absolute atomic E-state index is 11.8. The summed E-state index contributed by atoms with van der Waals surface area (Å²) in [7, 11) is 1.52. The Kier molecular flexibility index (Phi) is 9.24. The zero-order valence-electron chi connectivity index (χ0n) is 12.8. The van der Waals surface area contributed by atoms with E-state index in [-0.39, 0.29) is 6.61 Å². The molecule has 0 aliphatic heterocycles. The summed E-state index contributed by atoms with van der Waals surface area (Å²) in [6.07, 6.45) is 2.19. The Morgan fingerprint density at radius 2 is 1.67 bits per heavy atom. The van der Waals surface area contributed by atoms with E-state index in [1.165, 1.54) is 7.11 Å². The number of ether oxygens (including phenoxy) is 4. The van der Waals surface area contributed by atoms with Gasteiger partial charge in [-0.25, -0.2) is 4.79 Å². The van der Waals surface area contributed by atoms with Gasteiger partial charge in [-0.1, -0.05) is 25.5 Å². The fourth-order valence-corrected chi connectivity index (χ4v) is 1.65. The number of hydrogen-bond acceptors (Lipinski definition) is 5. The average Bonchev–Trinajstić information content (AvgIpc) is 2.53. The summed E-state index contributed by atoms with van der Waals surface area (Å²) in [6.45, 7) is 4.54. The monoisotopic (exact) mass is 296 g/mol. The van der Waals surface area contributed by atoms with E-state index < -0.39 is 5.97 Å². The molecule has 0 heterocycles. The van der Waals surface area contributed by atoms with E-state index in [1.54, 1.807) is 24.3 Å². The first kappa shape index (κ1) is 17.5. The number of para-hydroxylation sites is 1. The van der Waals surface area contributed by atoms with Crippen molar-refractivity contribution < 1.29 is 23.7 Å². The number of esters is 1. The van der Waals surface area contributed by atoms with Crippen LogP contribution in [0.2, 0.25) is 0 Å². The van der Waals surface area contributed by atoms with E-state index in [0.29, 0.717) is 31.1 Å². The van der Waals surface area contributed by atoms with Gasteiger partial charge in [0.2, 0.25) is 0 Å². The molecule has 0 saturated carbocycles. The maximum Gasteiger partial charge on any atom is 0.342 e. The fourth-order valence-electron chi connectivity index (χ4n) is 1.65. The van der Waals surface area contributed by atoms with Crippen LogP contribution in [0.5, 0.6) is 5.75 Å². The van der Waals surface area contributed by atoms with Crippen LogP contribution >= 0.6 is 0 Å². The Labute approximate surface area is 126 Å². The van der Waals surface area contributed by atoms with Crippen LogP contribution in [0.4, 0.5) is 0 Å². The van der Waals surface area contributed by atoms with Gasteiger partial charge in [-0.3, -0.25) is 0 Å². The summed E-state index contributed by atoms with van der Waals surface area (Å²) in [4.78, 5) is 11.8. The first-order valence-electron chi connectivity index (χ1n) is 7.25. The smallest absolute Gasteiger partial charge is 0.342 e. The van der Waals surface area contributed by atoms with Crippen molar-refractivity contribution in [1.29, 1.82) is 0 Å². The zero-order chi connectivity index (χ0) is 15.3. The molecule has 0 amide bonds. The number of benzene rings is 1. The molecular weight excluding hydrogens is 272 g/mol. The molecule has 0 aliphatic rings. The molecule has 0 spiro atoms. The average molecular weight is 296 g/mol. The van der Waals surface area contributed by atoms with Gasteiger partial charge in [0, 0.05) is 6.61 Å². The van der Waals surface area contributed by atoms with Crippen LogP contribution in [0, 0.1) is 0 Å². The minimum absolute atomic E-state index is 0.214. The van der Waals surface area contributed by atoms with Gasteiger partial charge in [-0.05, 0) is 18.6 Å². The topological polar surface area (TPSA) is 54.0 Å². The molecule has 1 rings (SSSR count). The number of methoxy groups -OCH3 is 1. The lowest BCUT2D eigenvalue weighted by Crippen LogP contribution is -2.13. The summed E-state index contributed by atoms with van der Waals surface area (Å²) in [5.41, 5.74) is 0.419. The predicted octanol–water partition coefficient (Wildman–Crippen LogP) is 2.69. The van der Waals surface area contributed by atoms with E-state index in [1.807, 2.05) is 0 Å². The van der Waals surface area contributed by atoms with Crippen LogP contribution < -0.4 is 4.74 Å². The van der Waals surface area contributed by atoms with E-state index in [0.717, 1.165) is 19.4 Å². The Hall–Kier alpha value is -1.59. The minimum atomic E-state index is -0.407. The third-order valence-corrected chi connectivity index (χ3v) is 2.80. The van der Waals surface area contributed by atoms with Gasteiger partial charge in [0.15, 0.2) is 0 Å². The molecule has 5 nitrogen and oxygen atoms in total. The molecule has 0 unspecified atom stereocenters. The van der Waals surface area contributed by atoms with Gasteiger partial charge in [-0.15, -0.1) is 0 Å².